The first-order valence-corrected chi connectivity index (χ1v) is 9.93. The first kappa shape index (κ1) is 18.7. The molecule has 0 saturated carbocycles. The molecular weight excluding hydrogens is 376 g/mol. The Labute approximate surface area is 174 Å². The van der Waals surface area contributed by atoms with E-state index >= 15 is 0 Å². The van der Waals surface area contributed by atoms with Crippen molar-refractivity contribution in [1.82, 2.24) is 0 Å². The molecule has 2 nitrogen and oxygen atoms in total. The van der Waals surface area contributed by atoms with Crippen molar-refractivity contribution in [2.75, 3.05) is 14.2 Å². The van der Waals surface area contributed by atoms with Crippen LogP contribution in [0.15, 0.2) is 72.8 Å². The summed E-state index contributed by atoms with van der Waals surface area (Å²) in [5.41, 5.74) is 2.66. The van der Waals surface area contributed by atoms with Gasteiger partial charge in [0.15, 0.2) is 0 Å². The van der Waals surface area contributed by atoms with Crippen molar-refractivity contribution < 1.29 is 9.47 Å². The summed E-state index contributed by atoms with van der Waals surface area (Å²) in [6.45, 7) is 0. The fourth-order valence-corrected chi connectivity index (χ4v) is 4.02. The maximum absolute atomic E-state index is 5.42. The van der Waals surface area contributed by atoms with Crippen LogP contribution in [0.3, 0.4) is 0 Å². The highest BCUT2D eigenvalue weighted by Gasteiger charge is 2.09. The van der Waals surface area contributed by atoms with Crippen LogP contribution in [0, 0.1) is 23.7 Å². The van der Waals surface area contributed by atoms with Crippen LogP contribution in [0.4, 0.5) is 0 Å². The number of hydrogen-bond acceptors (Lipinski definition) is 3. The molecule has 0 aliphatic carbocycles. The van der Waals surface area contributed by atoms with Gasteiger partial charge >= 0.3 is 0 Å². The van der Waals surface area contributed by atoms with E-state index in [1.807, 2.05) is 60.7 Å². The van der Waals surface area contributed by atoms with Gasteiger partial charge < -0.3 is 9.47 Å². The van der Waals surface area contributed by atoms with Gasteiger partial charge in [-0.3, -0.25) is 0 Å². The minimum Gasteiger partial charge on any atom is -0.495 e. The van der Waals surface area contributed by atoms with E-state index in [0.717, 1.165) is 38.5 Å². The van der Waals surface area contributed by atoms with Crippen molar-refractivity contribution in [3.8, 4) is 35.2 Å². The minimum atomic E-state index is 0.765. The molecule has 0 saturated heterocycles. The Balaban J connectivity index is 1.83. The average molecular weight is 394 g/mol. The molecular formula is C26H18O2S. The lowest BCUT2D eigenvalue weighted by molar-refractivity contribution is 0.413. The molecule has 0 amide bonds. The monoisotopic (exact) mass is 394 g/mol. The van der Waals surface area contributed by atoms with Crippen molar-refractivity contribution in [2.45, 2.75) is 0 Å². The molecule has 29 heavy (non-hydrogen) atoms. The van der Waals surface area contributed by atoms with E-state index in [-0.39, 0.29) is 0 Å². The molecule has 0 spiro atoms. The number of ether oxygens (including phenoxy) is 2. The van der Waals surface area contributed by atoms with Gasteiger partial charge in [0.2, 0.25) is 0 Å². The van der Waals surface area contributed by atoms with Crippen LogP contribution >= 0.6 is 11.3 Å². The zero-order valence-corrected chi connectivity index (χ0v) is 17.0. The van der Waals surface area contributed by atoms with Crippen molar-refractivity contribution in [3.05, 3.63) is 94.4 Å². The molecule has 1 heterocycles. The Morgan fingerprint density at radius 1 is 0.621 bits per heavy atom. The maximum atomic E-state index is 5.42. The Morgan fingerprint density at radius 3 is 1.83 bits per heavy atom. The van der Waals surface area contributed by atoms with Crippen molar-refractivity contribution >= 4 is 21.4 Å². The predicted molar refractivity (Wildman–Crippen MR) is 120 cm³/mol. The Hall–Kier alpha value is -3.66. The highest BCUT2D eigenvalue weighted by Crippen LogP contribution is 2.30. The molecule has 0 fully saturated rings. The van der Waals surface area contributed by atoms with Crippen molar-refractivity contribution in [2.24, 2.45) is 0 Å². The average Bonchev–Trinajstić information content (AvgIpc) is 3.14. The van der Waals surface area contributed by atoms with E-state index in [1.54, 1.807) is 25.6 Å². The molecule has 0 unspecified atom stereocenters. The Kier molecular flexibility index (Phi) is 5.52. The quantitative estimate of drug-likeness (QED) is 0.405. The zero-order valence-electron chi connectivity index (χ0n) is 16.2. The van der Waals surface area contributed by atoms with Crippen molar-refractivity contribution in [3.63, 3.8) is 0 Å². The first-order chi connectivity index (χ1) is 14.3. The molecule has 0 aliphatic rings. The third-order valence-corrected chi connectivity index (χ3v) is 5.53. The Bertz CT molecular complexity index is 1290. The molecule has 0 radical (unpaired) electrons. The van der Waals surface area contributed by atoms with Crippen LogP contribution < -0.4 is 9.47 Å². The van der Waals surface area contributed by atoms with Gasteiger partial charge in [-0.15, -0.1) is 11.3 Å². The summed E-state index contributed by atoms with van der Waals surface area (Å²) in [5, 5.41) is 1.12. The summed E-state index contributed by atoms with van der Waals surface area (Å²) in [6.07, 6.45) is 0. The molecule has 4 aromatic rings. The van der Waals surface area contributed by atoms with Gasteiger partial charge in [0.25, 0.3) is 0 Å². The van der Waals surface area contributed by atoms with E-state index in [4.69, 9.17) is 9.47 Å². The lowest BCUT2D eigenvalue weighted by atomic mass is 10.1. The second kappa shape index (κ2) is 8.57. The highest BCUT2D eigenvalue weighted by molar-refractivity contribution is 7.19. The molecule has 0 N–H and O–H groups in total. The third-order valence-electron chi connectivity index (χ3n) is 4.44. The summed E-state index contributed by atoms with van der Waals surface area (Å²) >= 11 is 1.65. The van der Waals surface area contributed by atoms with Crippen LogP contribution in [0.5, 0.6) is 11.5 Å². The van der Waals surface area contributed by atoms with Gasteiger partial charge in [-0.05, 0) is 36.3 Å². The van der Waals surface area contributed by atoms with Crippen LogP contribution in [0.1, 0.15) is 21.6 Å². The molecule has 0 bridgehead atoms. The van der Waals surface area contributed by atoms with E-state index in [2.05, 4.69) is 35.8 Å². The lowest BCUT2D eigenvalue weighted by Gasteiger charge is -2.01. The van der Waals surface area contributed by atoms with Gasteiger partial charge in [0, 0.05) is 10.1 Å². The van der Waals surface area contributed by atoms with Crippen LogP contribution in [-0.2, 0) is 0 Å². The number of thiophene rings is 1. The number of para-hydroxylation sites is 2. The fourth-order valence-electron chi connectivity index (χ4n) is 3.01. The first-order valence-electron chi connectivity index (χ1n) is 9.12. The Morgan fingerprint density at radius 2 is 1.17 bits per heavy atom. The third kappa shape index (κ3) is 3.97. The minimum absolute atomic E-state index is 0.765. The lowest BCUT2D eigenvalue weighted by Crippen LogP contribution is -1.87. The van der Waals surface area contributed by atoms with Gasteiger partial charge in [-0.1, -0.05) is 60.2 Å². The normalized spacial score (nSPS) is 9.86. The maximum Gasteiger partial charge on any atom is 0.134 e. The topological polar surface area (TPSA) is 18.5 Å². The summed E-state index contributed by atoms with van der Waals surface area (Å²) in [4.78, 5) is 0.944. The fraction of sp³-hybridized carbons (Fsp3) is 0.0769. The van der Waals surface area contributed by atoms with E-state index in [9.17, 15) is 0 Å². The summed E-state index contributed by atoms with van der Waals surface area (Å²) in [7, 11) is 3.31. The molecule has 0 aliphatic heterocycles. The summed E-state index contributed by atoms with van der Waals surface area (Å²) in [6, 6.07) is 23.8. The molecule has 3 aromatic carbocycles. The van der Waals surface area contributed by atoms with Gasteiger partial charge in [-0.2, -0.15) is 0 Å². The zero-order chi connectivity index (χ0) is 20.1. The van der Waals surface area contributed by atoms with Gasteiger partial charge in [-0.25, -0.2) is 0 Å². The van der Waals surface area contributed by atoms with Gasteiger partial charge in [0.05, 0.1) is 35.8 Å². The van der Waals surface area contributed by atoms with Crippen molar-refractivity contribution in [1.29, 1.82) is 0 Å². The van der Waals surface area contributed by atoms with E-state index < -0.39 is 0 Å². The summed E-state index contributed by atoms with van der Waals surface area (Å²) in [5.74, 6) is 14.7. The molecule has 1 aromatic heterocycles. The number of fused-ring (bicyclic) bond motifs is 1. The SMILES string of the molecule is COc1ccccc1C#Cc1sc2ccccc2c1C#Cc1ccccc1OC. The van der Waals surface area contributed by atoms with Gasteiger partial charge in [0.1, 0.15) is 11.5 Å². The van der Waals surface area contributed by atoms with Crippen LogP contribution in [0.2, 0.25) is 0 Å². The molecule has 0 atom stereocenters. The number of methoxy groups -OCH3 is 2. The van der Waals surface area contributed by atoms with E-state index in [1.165, 1.54) is 4.70 Å². The largest absolute Gasteiger partial charge is 0.495 e. The van der Waals surface area contributed by atoms with Crippen LogP contribution in [-0.4, -0.2) is 14.2 Å². The second-order valence-electron chi connectivity index (χ2n) is 6.20. The molecule has 3 heteroatoms. The predicted octanol–water partition coefficient (Wildman–Crippen LogP) is 5.72. The highest BCUT2D eigenvalue weighted by atomic mass is 32.1. The van der Waals surface area contributed by atoms with E-state index in [0.29, 0.717) is 0 Å². The van der Waals surface area contributed by atoms with Crippen LogP contribution in [0.25, 0.3) is 10.1 Å². The summed E-state index contributed by atoms with van der Waals surface area (Å²) < 4.78 is 12.0. The number of benzene rings is 3. The number of rotatable bonds is 2. The molecule has 140 valence electrons. The smallest absolute Gasteiger partial charge is 0.134 e. The molecule has 4 rings (SSSR count). The standard InChI is InChI=1S/C26H18O2S/c1-27-23-12-6-3-9-19(23)15-17-22-21-11-5-8-14-25(21)29-26(22)18-16-20-10-4-7-13-24(20)28-2/h3-14H,1-2H3. The number of hydrogen-bond donors (Lipinski definition) is 0. The second-order valence-corrected chi connectivity index (χ2v) is 7.26.